The van der Waals surface area contributed by atoms with Gasteiger partial charge in [-0.3, -0.25) is 0 Å². The molecule has 2 aromatic rings. The third-order valence-corrected chi connectivity index (χ3v) is 3.58. The van der Waals surface area contributed by atoms with Crippen molar-refractivity contribution in [3.63, 3.8) is 0 Å². The Labute approximate surface area is 150 Å². The molecule has 2 rings (SSSR count). The number of rotatable bonds is 8. The van der Waals surface area contributed by atoms with Crippen LogP contribution in [0.15, 0.2) is 60.7 Å². The van der Waals surface area contributed by atoms with Crippen molar-refractivity contribution < 1.29 is 34.4 Å². The van der Waals surface area contributed by atoms with Gasteiger partial charge in [-0.1, -0.05) is 36.4 Å². The van der Waals surface area contributed by atoms with E-state index < -0.39 is 43.5 Å². The van der Waals surface area contributed by atoms with E-state index in [0.717, 1.165) is 0 Å². The minimum Gasteiger partial charge on any atom is -0.459 e. The Morgan fingerprint density at radius 3 is 1.38 bits per heavy atom. The van der Waals surface area contributed by atoms with Crippen LogP contribution >= 0.6 is 0 Å². The van der Waals surface area contributed by atoms with Gasteiger partial charge in [-0.25, -0.2) is 9.59 Å². The molecule has 0 radical (unpaired) electrons. The number of aliphatic hydroxyl groups is 3. The zero-order valence-corrected chi connectivity index (χ0v) is 13.9. The van der Waals surface area contributed by atoms with Crippen LogP contribution in [0.1, 0.15) is 20.7 Å². The highest BCUT2D eigenvalue weighted by Gasteiger charge is 2.27. The Balaban J connectivity index is 1.77. The van der Waals surface area contributed by atoms with Crippen molar-refractivity contribution in [2.45, 2.75) is 18.3 Å². The van der Waals surface area contributed by atoms with Gasteiger partial charge in [0.05, 0.1) is 11.1 Å². The molecule has 0 saturated carbocycles. The fraction of sp³-hybridized carbons (Fsp3) is 0.263. The van der Waals surface area contributed by atoms with Gasteiger partial charge in [0.25, 0.3) is 0 Å². The van der Waals surface area contributed by atoms with E-state index in [4.69, 9.17) is 9.47 Å². The first-order valence-electron chi connectivity index (χ1n) is 7.97. The molecule has 0 fully saturated rings. The third-order valence-electron chi connectivity index (χ3n) is 3.58. The Morgan fingerprint density at radius 2 is 1.04 bits per heavy atom. The maximum Gasteiger partial charge on any atom is 0.338 e. The largest absolute Gasteiger partial charge is 0.459 e. The zero-order chi connectivity index (χ0) is 18.9. The van der Waals surface area contributed by atoms with Crippen molar-refractivity contribution in [2.24, 2.45) is 0 Å². The first-order chi connectivity index (χ1) is 12.5. The minimum atomic E-state index is -1.65. The van der Waals surface area contributed by atoms with E-state index in [1.165, 1.54) is 0 Å². The van der Waals surface area contributed by atoms with Crippen LogP contribution in [0.25, 0.3) is 0 Å². The van der Waals surface area contributed by atoms with Gasteiger partial charge in [0.15, 0.2) is 0 Å². The van der Waals surface area contributed by atoms with Crippen LogP contribution in [0.3, 0.4) is 0 Å². The number of aliphatic hydroxyl groups excluding tert-OH is 3. The molecular formula is C19H20O7. The lowest BCUT2D eigenvalue weighted by Crippen LogP contribution is -2.43. The molecule has 0 bridgehead atoms. The van der Waals surface area contributed by atoms with Gasteiger partial charge >= 0.3 is 11.9 Å². The molecule has 0 aliphatic heterocycles. The molecule has 0 unspecified atom stereocenters. The van der Waals surface area contributed by atoms with Crippen LogP contribution in [0, 0.1) is 0 Å². The van der Waals surface area contributed by atoms with E-state index >= 15 is 0 Å². The van der Waals surface area contributed by atoms with Gasteiger partial charge in [-0.2, -0.15) is 0 Å². The zero-order valence-electron chi connectivity index (χ0n) is 13.9. The molecule has 7 heteroatoms. The monoisotopic (exact) mass is 360 g/mol. The Kier molecular flexibility index (Phi) is 7.28. The standard InChI is InChI=1S/C19H20O7/c20-15(11-25-18(23)13-7-3-1-4-8-13)17(22)16(21)12-26-19(24)14-9-5-2-6-10-14/h1-10,15-17,20-22H,11-12H2/t15-,16-/m1/s1. The minimum absolute atomic E-state index is 0.298. The highest BCUT2D eigenvalue weighted by Crippen LogP contribution is 2.07. The molecule has 3 N–H and O–H groups in total. The van der Waals surface area contributed by atoms with Gasteiger partial charge in [-0.05, 0) is 24.3 Å². The third kappa shape index (κ3) is 5.66. The number of ether oxygens (including phenoxy) is 2. The Hall–Kier alpha value is -2.74. The molecule has 0 aliphatic carbocycles. The lowest BCUT2D eigenvalue weighted by Gasteiger charge is -2.22. The van der Waals surface area contributed by atoms with E-state index in [1.807, 2.05) is 0 Å². The summed E-state index contributed by atoms with van der Waals surface area (Å²) in [6, 6.07) is 16.3. The number of hydrogen-bond acceptors (Lipinski definition) is 7. The molecule has 2 atom stereocenters. The van der Waals surface area contributed by atoms with Crippen molar-refractivity contribution in [2.75, 3.05) is 13.2 Å². The molecule has 138 valence electrons. The second-order valence-corrected chi connectivity index (χ2v) is 5.55. The highest BCUT2D eigenvalue weighted by atomic mass is 16.6. The molecule has 0 saturated heterocycles. The smallest absolute Gasteiger partial charge is 0.338 e. The number of hydrogen-bond donors (Lipinski definition) is 3. The van der Waals surface area contributed by atoms with Crippen molar-refractivity contribution in [1.29, 1.82) is 0 Å². The maximum atomic E-state index is 11.8. The van der Waals surface area contributed by atoms with Crippen LogP contribution in [0.5, 0.6) is 0 Å². The quantitative estimate of drug-likeness (QED) is 0.596. The Morgan fingerprint density at radius 1 is 0.692 bits per heavy atom. The van der Waals surface area contributed by atoms with Gasteiger partial charge in [-0.15, -0.1) is 0 Å². The van der Waals surface area contributed by atoms with Crippen molar-refractivity contribution in [3.05, 3.63) is 71.8 Å². The van der Waals surface area contributed by atoms with E-state index in [2.05, 4.69) is 0 Å². The van der Waals surface area contributed by atoms with Crippen LogP contribution in [0.2, 0.25) is 0 Å². The summed E-state index contributed by atoms with van der Waals surface area (Å²) in [5, 5.41) is 29.5. The molecule has 7 nitrogen and oxygen atoms in total. The van der Waals surface area contributed by atoms with Gasteiger partial charge in [0, 0.05) is 0 Å². The summed E-state index contributed by atoms with van der Waals surface area (Å²) < 4.78 is 9.78. The normalized spacial score (nSPS) is 13.1. The van der Waals surface area contributed by atoms with Crippen LogP contribution in [-0.4, -0.2) is 58.8 Å². The predicted octanol–water partition coefficient (Wildman–Crippen LogP) is 0.783. The predicted molar refractivity (Wildman–Crippen MR) is 91.5 cm³/mol. The first kappa shape index (κ1) is 19.6. The van der Waals surface area contributed by atoms with E-state index in [0.29, 0.717) is 11.1 Å². The summed E-state index contributed by atoms with van der Waals surface area (Å²) in [4.78, 5) is 23.5. The summed E-state index contributed by atoms with van der Waals surface area (Å²) in [5.74, 6) is -1.33. The van der Waals surface area contributed by atoms with Crippen LogP contribution in [-0.2, 0) is 9.47 Å². The van der Waals surface area contributed by atoms with Gasteiger partial charge < -0.3 is 24.8 Å². The summed E-state index contributed by atoms with van der Waals surface area (Å²) in [5.41, 5.74) is 0.595. The highest BCUT2D eigenvalue weighted by molar-refractivity contribution is 5.89. The molecule has 0 aliphatic rings. The number of carbonyl (C=O) groups excluding carboxylic acids is 2. The molecule has 26 heavy (non-hydrogen) atoms. The average molecular weight is 360 g/mol. The molecule has 0 amide bonds. The summed E-state index contributed by atoms with van der Waals surface area (Å²) in [6.45, 7) is -1.03. The van der Waals surface area contributed by atoms with Crippen molar-refractivity contribution >= 4 is 11.9 Å². The van der Waals surface area contributed by atoms with Crippen molar-refractivity contribution in [3.8, 4) is 0 Å². The first-order valence-corrected chi connectivity index (χ1v) is 7.97. The average Bonchev–Trinajstić information content (AvgIpc) is 2.70. The summed E-state index contributed by atoms with van der Waals surface area (Å²) in [6.07, 6.45) is -4.72. The fourth-order valence-corrected chi connectivity index (χ4v) is 2.09. The second-order valence-electron chi connectivity index (χ2n) is 5.55. The fourth-order valence-electron chi connectivity index (χ4n) is 2.09. The topological polar surface area (TPSA) is 113 Å². The van der Waals surface area contributed by atoms with Crippen LogP contribution < -0.4 is 0 Å². The van der Waals surface area contributed by atoms with Crippen LogP contribution in [0.4, 0.5) is 0 Å². The molecule has 0 spiro atoms. The van der Waals surface area contributed by atoms with E-state index in [1.54, 1.807) is 60.7 Å². The molecule has 2 aromatic carbocycles. The lowest BCUT2D eigenvalue weighted by molar-refractivity contribution is -0.0948. The molecular weight excluding hydrogens is 340 g/mol. The SMILES string of the molecule is O=C(OC[C@@H](O)C(O)[C@H](O)COC(=O)c1ccccc1)c1ccccc1. The Bertz CT molecular complexity index is 641. The second kappa shape index (κ2) is 9.67. The lowest BCUT2D eigenvalue weighted by atomic mass is 10.1. The molecule has 0 aromatic heterocycles. The maximum absolute atomic E-state index is 11.8. The molecule has 0 heterocycles. The van der Waals surface area contributed by atoms with E-state index in [9.17, 15) is 24.9 Å². The van der Waals surface area contributed by atoms with Crippen molar-refractivity contribution in [1.82, 2.24) is 0 Å². The summed E-state index contributed by atoms with van der Waals surface area (Å²) >= 11 is 0. The van der Waals surface area contributed by atoms with E-state index in [-0.39, 0.29) is 0 Å². The number of esters is 2. The number of carbonyl (C=O) groups is 2. The van der Waals surface area contributed by atoms with Gasteiger partial charge in [0.2, 0.25) is 0 Å². The van der Waals surface area contributed by atoms with Gasteiger partial charge in [0.1, 0.15) is 31.5 Å². The summed E-state index contributed by atoms with van der Waals surface area (Å²) in [7, 11) is 0. The number of benzene rings is 2.